The van der Waals surface area contributed by atoms with Gasteiger partial charge in [-0.15, -0.1) is 11.3 Å². The van der Waals surface area contributed by atoms with Gasteiger partial charge < -0.3 is 4.98 Å². The molecule has 0 saturated carbocycles. The van der Waals surface area contributed by atoms with E-state index in [0.717, 1.165) is 27.2 Å². The summed E-state index contributed by atoms with van der Waals surface area (Å²) in [6.45, 7) is 0. The van der Waals surface area contributed by atoms with Gasteiger partial charge in [0.2, 0.25) is 0 Å². The summed E-state index contributed by atoms with van der Waals surface area (Å²) in [5.74, 6) is 0. The molecule has 0 aliphatic rings. The number of hydrogen-bond acceptors (Lipinski definition) is 6. The molecule has 8 heteroatoms. The average Bonchev–Trinajstić information content (AvgIpc) is 3.39. The van der Waals surface area contributed by atoms with Crippen LogP contribution in [0.2, 0.25) is 0 Å². The Bertz CT molecular complexity index is 1120. The van der Waals surface area contributed by atoms with Crippen LogP contribution in [-0.4, -0.2) is 24.7 Å². The van der Waals surface area contributed by atoms with Gasteiger partial charge in [0.05, 0.1) is 30.4 Å². The van der Waals surface area contributed by atoms with E-state index in [0.29, 0.717) is 4.88 Å². The van der Waals surface area contributed by atoms with Crippen molar-refractivity contribution in [1.29, 1.82) is 10.5 Å². The summed E-state index contributed by atoms with van der Waals surface area (Å²) in [6, 6.07) is 9.67. The molecule has 7 nitrogen and oxygen atoms in total. The van der Waals surface area contributed by atoms with Crippen LogP contribution in [0.1, 0.15) is 22.2 Å². The second kappa shape index (κ2) is 6.19. The van der Waals surface area contributed by atoms with Crippen LogP contribution >= 0.6 is 11.3 Å². The first-order chi connectivity index (χ1) is 12.3. The quantitative estimate of drug-likeness (QED) is 0.611. The van der Waals surface area contributed by atoms with Gasteiger partial charge >= 0.3 is 0 Å². The second-order valence-corrected chi connectivity index (χ2v) is 6.48. The second-order valence-electron chi connectivity index (χ2n) is 5.36. The van der Waals surface area contributed by atoms with Gasteiger partial charge in [-0.2, -0.15) is 15.6 Å². The Morgan fingerprint density at radius 2 is 2.16 bits per heavy atom. The zero-order valence-electron chi connectivity index (χ0n) is 12.9. The zero-order valence-corrected chi connectivity index (χ0v) is 13.7. The van der Waals surface area contributed by atoms with Gasteiger partial charge in [-0.05, 0) is 18.2 Å². The van der Waals surface area contributed by atoms with E-state index in [-0.39, 0.29) is 12.5 Å². The molecule has 1 N–H and O–H groups in total. The highest BCUT2D eigenvalue weighted by molar-refractivity contribution is 7.12. The van der Waals surface area contributed by atoms with Crippen LogP contribution in [0.25, 0.3) is 22.3 Å². The highest BCUT2D eigenvalue weighted by atomic mass is 32.1. The molecule has 0 unspecified atom stereocenters. The van der Waals surface area contributed by atoms with Crippen molar-refractivity contribution in [1.82, 2.24) is 24.7 Å². The maximum Gasteiger partial charge on any atom is 0.141 e. The maximum atomic E-state index is 9.18. The molecule has 0 aromatic carbocycles. The average molecular weight is 345 g/mol. The first-order valence-corrected chi connectivity index (χ1v) is 8.31. The van der Waals surface area contributed by atoms with Crippen LogP contribution < -0.4 is 0 Å². The molecular weight excluding hydrogens is 334 g/mol. The molecule has 120 valence electrons. The van der Waals surface area contributed by atoms with E-state index in [1.54, 1.807) is 16.9 Å². The Morgan fingerprint density at radius 3 is 2.96 bits per heavy atom. The Morgan fingerprint density at radius 1 is 1.24 bits per heavy atom. The molecule has 0 fully saturated rings. The first-order valence-electron chi connectivity index (χ1n) is 7.49. The summed E-state index contributed by atoms with van der Waals surface area (Å²) in [7, 11) is 0. The lowest BCUT2D eigenvalue weighted by molar-refractivity contribution is 0.540. The fourth-order valence-corrected chi connectivity index (χ4v) is 3.64. The van der Waals surface area contributed by atoms with Crippen LogP contribution in [0, 0.1) is 22.7 Å². The molecule has 0 aliphatic carbocycles. The van der Waals surface area contributed by atoms with Crippen LogP contribution in [0.15, 0.2) is 43.1 Å². The lowest BCUT2D eigenvalue weighted by Gasteiger charge is -2.12. The Balaban J connectivity index is 1.75. The minimum absolute atomic E-state index is 0.227. The molecule has 0 bridgehead atoms. The van der Waals surface area contributed by atoms with Crippen molar-refractivity contribution in [3.05, 3.63) is 52.9 Å². The third kappa shape index (κ3) is 2.65. The summed E-state index contributed by atoms with van der Waals surface area (Å²) in [5, 5.41) is 23.6. The number of aromatic amines is 1. The Hall–Kier alpha value is -3.49. The minimum Gasteiger partial charge on any atom is -0.346 e. The zero-order chi connectivity index (χ0) is 17.2. The number of H-pyrrole nitrogens is 1. The van der Waals surface area contributed by atoms with E-state index in [1.165, 1.54) is 17.7 Å². The number of fused-ring (bicyclic) bond motifs is 1. The molecule has 4 heterocycles. The number of rotatable bonds is 4. The number of aromatic nitrogens is 5. The normalized spacial score (nSPS) is 11.9. The van der Waals surface area contributed by atoms with E-state index in [4.69, 9.17) is 5.26 Å². The molecule has 0 amide bonds. The predicted molar refractivity (Wildman–Crippen MR) is 92.5 cm³/mol. The molecule has 25 heavy (non-hydrogen) atoms. The van der Waals surface area contributed by atoms with Gasteiger partial charge in [-0.1, -0.05) is 0 Å². The third-order valence-electron chi connectivity index (χ3n) is 3.90. The summed E-state index contributed by atoms with van der Waals surface area (Å²) in [6.07, 6.45) is 7.22. The number of thiophene rings is 1. The summed E-state index contributed by atoms with van der Waals surface area (Å²) >= 11 is 1.38. The van der Waals surface area contributed by atoms with Gasteiger partial charge in [-0.25, -0.2) is 9.97 Å². The van der Waals surface area contributed by atoms with E-state index in [1.807, 2.05) is 24.5 Å². The number of nitrogens with zero attached hydrogens (tertiary/aromatic N) is 6. The molecule has 4 rings (SSSR count). The van der Waals surface area contributed by atoms with Gasteiger partial charge in [0, 0.05) is 28.2 Å². The molecule has 0 spiro atoms. The van der Waals surface area contributed by atoms with Crippen molar-refractivity contribution in [3.63, 3.8) is 0 Å². The smallest absolute Gasteiger partial charge is 0.141 e. The predicted octanol–water partition coefficient (Wildman–Crippen LogP) is 3.26. The lowest BCUT2D eigenvalue weighted by Crippen LogP contribution is -2.09. The van der Waals surface area contributed by atoms with Crippen molar-refractivity contribution >= 4 is 22.4 Å². The monoisotopic (exact) mass is 345 g/mol. The molecule has 0 aliphatic heterocycles. The van der Waals surface area contributed by atoms with Crippen molar-refractivity contribution in [3.8, 4) is 23.4 Å². The maximum absolute atomic E-state index is 9.18. The number of hydrogen-bond donors (Lipinski definition) is 1. The van der Waals surface area contributed by atoms with Crippen LogP contribution in [0.3, 0.4) is 0 Å². The molecule has 0 saturated heterocycles. The van der Waals surface area contributed by atoms with Gasteiger partial charge in [-0.3, -0.25) is 4.68 Å². The summed E-state index contributed by atoms with van der Waals surface area (Å²) in [5.41, 5.74) is 2.41. The molecular formula is C17H11N7S. The summed E-state index contributed by atoms with van der Waals surface area (Å²) in [4.78, 5) is 13.2. The van der Waals surface area contributed by atoms with Crippen molar-refractivity contribution in [2.24, 2.45) is 0 Å². The fourth-order valence-electron chi connectivity index (χ4n) is 2.74. The van der Waals surface area contributed by atoms with Crippen molar-refractivity contribution in [2.45, 2.75) is 12.5 Å². The Labute approximate surface area is 146 Å². The van der Waals surface area contributed by atoms with Crippen molar-refractivity contribution < 1.29 is 0 Å². The van der Waals surface area contributed by atoms with Crippen LogP contribution in [0.4, 0.5) is 0 Å². The number of nitrogens with one attached hydrogen (secondary N) is 1. The lowest BCUT2D eigenvalue weighted by atomic mass is 10.1. The third-order valence-corrected chi connectivity index (χ3v) is 4.99. The highest BCUT2D eigenvalue weighted by Crippen LogP contribution is 2.30. The SMILES string of the molecule is N#CC[C@@H](c1ccc(C#N)s1)n1cc(-c2ncnc3[nH]ccc23)cn1. The van der Waals surface area contributed by atoms with E-state index in [2.05, 4.69) is 32.2 Å². The molecule has 1 atom stereocenters. The fraction of sp³-hybridized carbons (Fsp3) is 0.118. The van der Waals surface area contributed by atoms with E-state index >= 15 is 0 Å². The minimum atomic E-state index is -0.227. The van der Waals surface area contributed by atoms with Crippen LogP contribution in [0.5, 0.6) is 0 Å². The topological polar surface area (TPSA) is 107 Å². The molecule has 4 aromatic heterocycles. The highest BCUT2D eigenvalue weighted by Gasteiger charge is 2.18. The van der Waals surface area contributed by atoms with Gasteiger partial charge in [0.25, 0.3) is 0 Å². The number of nitriles is 2. The summed E-state index contributed by atoms with van der Waals surface area (Å²) < 4.78 is 1.76. The van der Waals surface area contributed by atoms with Gasteiger partial charge in [0.1, 0.15) is 22.9 Å². The van der Waals surface area contributed by atoms with E-state index in [9.17, 15) is 5.26 Å². The standard InChI is InChI=1S/C17H11N7S/c18-5-3-14(15-2-1-12(7-19)25-15)24-9-11(8-23-24)16-13-4-6-20-17(13)22-10-21-16/h1-2,4,6,8-10,14H,3H2,(H,20,21,22)/t14-/m0/s1. The first kappa shape index (κ1) is 15.1. The largest absolute Gasteiger partial charge is 0.346 e. The van der Waals surface area contributed by atoms with Crippen molar-refractivity contribution in [2.75, 3.05) is 0 Å². The van der Waals surface area contributed by atoms with E-state index < -0.39 is 0 Å². The van der Waals surface area contributed by atoms with Gasteiger partial charge in [0.15, 0.2) is 0 Å². The Kier molecular flexibility index (Phi) is 3.73. The van der Waals surface area contributed by atoms with Crippen LogP contribution in [-0.2, 0) is 0 Å². The molecule has 0 radical (unpaired) electrons. The molecule has 4 aromatic rings.